The first kappa shape index (κ1) is 16.1. The molecule has 1 aliphatic heterocycles. The molecule has 0 radical (unpaired) electrons. The molecule has 1 fully saturated rings. The van der Waals surface area contributed by atoms with Crippen molar-refractivity contribution in [2.45, 2.75) is 19.4 Å². The highest BCUT2D eigenvalue weighted by Gasteiger charge is 2.21. The summed E-state index contributed by atoms with van der Waals surface area (Å²) in [5.74, 6) is 0.490. The molecule has 5 nitrogen and oxygen atoms in total. The van der Waals surface area contributed by atoms with Gasteiger partial charge in [0, 0.05) is 44.2 Å². The van der Waals surface area contributed by atoms with Crippen molar-refractivity contribution in [1.29, 1.82) is 0 Å². The average molecular weight is 312 g/mol. The van der Waals surface area contributed by atoms with E-state index in [9.17, 15) is 8.42 Å². The van der Waals surface area contributed by atoms with E-state index in [0.717, 1.165) is 24.4 Å². The molecule has 0 saturated carbocycles. The highest BCUT2D eigenvalue weighted by Crippen LogP contribution is 2.22. The molecule has 1 saturated heterocycles. The van der Waals surface area contributed by atoms with Gasteiger partial charge in [-0.2, -0.15) is 0 Å². The maximum Gasteiger partial charge on any atom is 0.153 e. The molecule has 1 aliphatic rings. The van der Waals surface area contributed by atoms with Gasteiger partial charge in [0.1, 0.15) is 0 Å². The molecule has 1 aromatic rings. The zero-order chi connectivity index (χ0) is 15.3. The second-order valence-electron chi connectivity index (χ2n) is 5.52. The van der Waals surface area contributed by atoms with Crippen LogP contribution >= 0.6 is 0 Å². The van der Waals surface area contributed by atoms with Gasteiger partial charge in [0.15, 0.2) is 9.84 Å². The number of hydrogen-bond acceptors (Lipinski definition) is 5. The van der Waals surface area contributed by atoms with Crippen LogP contribution < -0.4 is 10.2 Å². The molecule has 0 aromatic heterocycles. The SMILES string of the molecule is COCCC(C)Nc1cccc(N2CCS(=O)(=O)CC2)c1. The largest absolute Gasteiger partial charge is 0.385 e. The van der Waals surface area contributed by atoms with Crippen molar-refractivity contribution in [2.75, 3.05) is 48.5 Å². The van der Waals surface area contributed by atoms with Crippen molar-refractivity contribution in [3.8, 4) is 0 Å². The van der Waals surface area contributed by atoms with Crippen molar-refractivity contribution >= 4 is 21.2 Å². The Kier molecular flexibility index (Phi) is 5.47. The lowest BCUT2D eigenvalue weighted by molar-refractivity contribution is 0.191. The Balaban J connectivity index is 1.98. The second-order valence-corrected chi connectivity index (χ2v) is 7.82. The number of anilines is 2. The Morgan fingerprint density at radius 2 is 2.05 bits per heavy atom. The summed E-state index contributed by atoms with van der Waals surface area (Å²) in [6.07, 6.45) is 0.947. The summed E-state index contributed by atoms with van der Waals surface area (Å²) < 4.78 is 28.1. The summed E-state index contributed by atoms with van der Waals surface area (Å²) in [6.45, 7) is 4.01. The van der Waals surface area contributed by atoms with E-state index in [4.69, 9.17) is 4.74 Å². The molecule has 0 bridgehead atoms. The second kappa shape index (κ2) is 7.13. The number of nitrogens with one attached hydrogen (secondary N) is 1. The summed E-state index contributed by atoms with van der Waals surface area (Å²) in [5, 5.41) is 3.45. The fourth-order valence-electron chi connectivity index (χ4n) is 2.41. The van der Waals surface area contributed by atoms with Crippen LogP contribution in [0.2, 0.25) is 0 Å². The van der Waals surface area contributed by atoms with Crippen LogP contribution in [0.3, 0.4) is 0 Å². The predicted molar refractivity (Wildman–Crippen MR) is 86.9 cm³/mol. The highest BCUT2D eigenvalue weighted by atomic mass is 32.2. The number of sulfone groups is 1. The molecule has 1 unspecified atom stereocenters. The van der Waals surface area contributed by atoms with E-state index in [-0.39, 0.29) is 11.5 Å². The summed E-state index contributed by atoms with van der Waals surface area (Å²) in [7, 11) is -1.13. The maximum atomic E-state index is 11.5. The molecule has 0 aliphatic carbocycles. The zero-order valence-corrected chi connectivity index (χ0v) is 13.5. The van der Waals surface area contributed by atoms with Gasteiger partial charge >= 0.3 is 0 Å². The molecule has 21 heavy (non-hydrogen) atoms. The van der Waals surface area contributed by atoms with Gasteiger partial charge in [-0.1, -0.05) is 6.07 Å². The quantitative estimate of drug-likeness (QED) is 0.867. The van der Waals surface area contributed by atoms with Crippen LogP contribution in [0.5, 0.6) is 0 Å². The first-order valence-electron chi connectivity index (χ1n) is 7.31. The Hall–Kier alpha value is -1.27. The van der Waals surface area contributed by atoms with E-state index in [1.54, 1.807) is 7.11 Å². The van der Waals surface area contributed by atoms with Crippen molar-refractivity contribution in [3.63, 3.8) is 0 Å². The maximum absolute atomic E-state index is 11.5. The first-order valence-corrected chi connectivity index (χ1v) is 9.13. The third kappa shape index (κ3) is 4.89. The molecular formula is C15H24N2O3S. The number of methoxy groups -OCH3 is 1. The Morgan fingerprint density at radius 1 is 1.33 bits per heavy atom. The first-order chi connectivity index (χ1) is 10.00. The summed E-state index contributed by atoms with van der Waals surface area (Å²) >= 11 is 0. The number of ether oxygens (including phenoxy) is 1. The topological polar surface area (TPSA) is 58.6 Å². The van der Waals surface area contributed by atoms with Gasteiger partial charge in [-0.3, -0.25) is 0 Å². The third-order valence-electron chi connectivity index (χ3n) is 3.72. The summed E-state index contributed by atoms with van der Waals surface area (Å²) in [6, 6.07) is 8.49. The molecule has 2 rings (SSSR count). The molecule has 0 spiro atoms. The van der Waals surface area contributed by atoms with Crippen LogP contribution in [0.1, 0.15) is 13.3 Å². The number of hydrogen-bond donors (Lipinski definition) is 1. The fraction of sp³-hybridized carbons (Fsp3) is 0.600. The standard InChI is InChI=1S/C15H24N2O3S/c1-13(6-9-20-2)16-14-4-3-5-15(12-14)17-7-10-21(18,19)11-8-17/h3-5,12-13,16H,6-11H2,1-2H3. The highest BCUT2D eigenvalue weighted by molar-refractivity contribution is 7.91. The lowest BCUT2D eigenvalue weighted by Crippen LogP contribution is -2.40. The lowest BCUT2D eigenvalue weighted by atomic mass is 10.2. The van der Waals surface area contributed by atoms with E-state index in [1.807, 2.05) is 18.2 Å². The molecule has 1 heterocycles. The monoisotopic (exact) mass is 312 g/mol. The van der Waals surface area contributed by atoms with Gasteiger partial charge < -0.3 is 15.0 Å². The smallest absolute Gasteiger partial charge is 0.153 e. The van der Waals surface area contributed by atoms with Gasteiger partial charge in [-0.15, -0.1) is 0 Å². The Labute approximate surface area is 127 Å². The molecule has 118 valence electrons. The van der Waals surface area contributed by atoms with Gasteiger partial charge in [0.05, 0.1) is 11.5 Å². The summed E-state index contributed by atoms with van der Waals surface area (Å²) in [4.78, 5) is 2.13. The number of rotatable bonds is 6. The minimum absolute atomic E-state index is 0.245. The van der Waals surface area contributed by atoms with Crippen LogP contribution in [0.15, 0.2) is 24.3 Å². The van der Waals surface area contributed by atoms with Crippen LogP contribution in [0.4, 0.5) is 11.4 Å². The minimum atomic E-state index is -2.83. The third-order valence-corrected chi connectivity index (χ3v) is 5.33. The molecular weight excluding hydrogens is 288 g/mol. The van der Waals surface area contributed by atoms with Crippen LogP contribution in [-0.4, -0.2) is 52.8 Å². The molecule has 1 N–H and O–H groups in total. The van der Waals surface area contributed by atoms with Gasteiger partial charge in [0.25, 0.3) is 0 Å². The van der Waals surface area contributed by atoms with Gasteiger partial charge in [-0.05, 0) is 31.5 Å². The van der Waals surface area contributed by atoms with Crippen LogP contribution in [-0.2, 0) is 14.6 Å². The zero-order valence-electron chi connectivity index (χ0n) is 12.7. The van der Waals surface area contributed by atoms with Gasteiger partial charge in [-0.25, -0.2) is 8.42 Å². The normalized spacial score (nSPS) is 19.2. The predicted octanol–water partition coefficient (Wildman–Crippen LogP) is 1.76. The Morgan fingerprint density at radius 3 is 2.71 bits per heavy atom. The van der Waals surface area contributed by atoms with Crippen molar-refractivity contribution in [3.05, 3.63) is 24.3 Å². The van der Waals surface area contributed by atoms with Crippen molar-refractivity contribution < 1.29 is 13.2 Å². The van der Waals surface area contributed by atoms with Gasteiger partial charge in [0.2, 0.25) is 0 Å². The Bertz CT molecular complexity index is 546. The van der Waals surface area contributed by atoms with E-state index in [0.29, 0.717) is 19.1 Å². The van der Waals surface area contributed by atoms with E-state index in [1.165, 1.54) is 0 Å². The van der Waals surface area contributed by atoms with E-state index in [2.05, 4.69) is 23.2 Å². The van der Waals surface area contributed by atoms with Crippen LogP contribution in [0, 0.1) is 0 Å². The van der Waals surface area contributed by atoms with Crippen LogP contribution in [0.25, 0.3) is 0 Å². The van der Waals surface area contributed by atoms with Crippen molar-refractivity contribution in [2.24, 2.45) is 0 Å². The average Bonchev–Trinajstić information content (AvgIpc) is 2.45. The van der Waals surface area contributed by atoms with E-state index >= 15 is 0 Å². The number of benzene rings is 1. The fourth-order valence-corrected chi connectivity index (χ4v) is 3.62. The number of nitrogens with zero attached hydrogens (tertiary/aromatic N) is 1. The molecule has 6 heteroatoms. The summed E-state index contributed by atoms with van der Waals surface area (Å²) in [5.41, 5.74) is 2.14. The lowest BCUT2D eigenvalue weighted by Gasteiger charge is -2.29. The van der Waals surface area contributed by atoms with Crippen molar-refractivity contribution in [1.82, 2.24) is 0 Å². The van der Waals surface area contributed by atoms with E-state index < -0.39 is 9.84 Å². The molecule has 1 aromatic carbocycles. The molecule has 1 atom stereocenters. The minimum Gasteiger partial charge on any atom is -0.385 e. The molecule has 0 amide bonds.